The van der Waals surface area contributed by atoms with Gasteiger partial charge in [0, 0.05) is 13.1 Å². The second kappa shape index (κ2) is 7.73. The highest BCUT2D eigenvalue weighted by molar-refractivity contribution is 5.82. The average molecular weight is 228 g/mol. The third-order valence-electron chi connectivity index (χ3n) is 2.13. The molecule has 92 valence electrons. The van der Waals surface area contributed by atoms with E-state index in [1.54, 1.807) is 17.9 Å². The van der Waals surface area contributed by atoms with Crippen LogP contribution in [0.25, 0.3) is 0 Å². The van der Waals surface area contributed by atoms with Crippen LogP contribution in [0.15, 0.2) is 12.7 Å². The Morgan fingerprint density at radius 1 is 1.50 bits per heavy atom. The van der Waals surface area contributed by atoms with Gasteiger partial charge in [0.15, 0.2) is 0 Å². The van der Waals surface area contributed by atoms with Crippen LogP contribution in [0.2, 0.25) is 0 Å². The van der Waals surface area contributed by atoms with Crippen molar-refractivity contribution in [3.63, 3.8) is 0 Å². The molecule has 5 nitrogen and oxygen atoms in total. The number of hydrogen-bond acceptors (Lipinski definition) is 2. The van der Waals surface area contributed by atoms with Crippen molar-refractivity contribution < 1.29 is 14.7 Å². The van der Waals surface area contributed by atoms with Crippen LogP contribution < -0.4 is 5.32 Å². The topological polar surface area (TPSA) is 69.6 Å². The number of carboxylic acids is 1. The van der Waals surface area contributed by atoms with Gasteiger partial charge in [0.05, 0.1) is 0 Å². The number of carbonyl (C=O) groups excluding carboxylic acids is 1. The minimum Gasteiger partial charge on any atom is -0.480 e. The second-order valence-electron chi connectivity index (χ2n) is 3.48. The van der Waals surface area contributed by atoms with Gasteiger partial charge in [-0.2, -0.15) is 0 Å². The quantitative estimate of drug-likeness (QED) is 0.648. The van der Waals surface area contributed by atoms with E-state index >= 15 is 0 Å². The molecule has 0 aliphatic rings. The Hall–Kier alpha value is -1.52. The fourth-order valence-electron chi connectivity index (χ4n) is 1.28. The summed E-state index contributed by atoms with van der Waals surface area (Å²) in [6.07, 6.45) is 2.82. The maximum absolute atomic E-state index is 11.7. The lowest BCUT2D eigenvalue weighted by Gasteiger charge is -2.23. The summed E-state index contributed by atoms with van der Waals surface area (Å²) in [7, 11) is 0. The van der Waals surface area contributed by atoms with Crippen LogP contribution in [0.1, 0.15) is 26.7 Å². The average Bonchev–Trinajstić information content (AvgIpc) is 2.24. The highest BCUT2D eigenvalue weighted by atomic mass is 16.4. The molecule has 16 heavy (non-hydrogen) atoms. The summed E-state index contributed by atoms with van der Waals surface area (Å²) in [5.74, 6) is -1.01. The van der Waals surface area contributed by atoms with Gasteiger partial charge in [0.1, 0.15) is 6.04 Å². The maximum Gasteiger partial charge on any atom is 0.326 e. The fourth-order valence-corrected chi connectivity index (χ4v) is 1.28. The molecule has 0 fully saturated rings. The predicted molar refractivity (Wildman–Crippen MR) is 62.3 cm³/mol. The largest absolute Gasteiger partial charge is 0.480 e. The molecule has 0 bridgehead atoms. The lowest BCUT2D eigenvalue weighted by atomic mass is 10.2. The Kier molecular flexibility index (Phi) is 7.00. The molecule has 0 spiro atoms. The Labute approximate surface area is 96.1 Å². The third kappa shape index (κ3) is 4.82. The van der Waals surface area contributed by atoms with Gasteiger partial charge < -0.3 is 15.3 Å². The normalized spacial score (nSPS) is 11.6. The lowest BCUT2D eigenvalue weighted by molar-refractivity contribution is -0.139. The van der Waals surface area contributed by atoms with Crippen LogP contribution in [0.5, 0.6) is 0 Å². The summed E-state index contributed by atoms with van der Waals surface area (Å²) in [6.45, 7) is 8.25. The van der Waals surface area contributed by atoms with E-state index in [9.17, 15) is 9.59 Å². The van der Waals surface area contributed by atoms with E-state index in [0.717, 1.165) is 6.42 Å². The molecule has 0 aromatic rings. The zero-order chi connectivity index (χ0) is 12.6. The minimum atomic E-state index is -1.01. The van der Waals surface area contributed by atoms with E-state index in [2.05, 4.69) is 11.9 Å². The van der Waals surface area contributed by atoms with Crippen LogP contribution in [0, 0.1) is 0 Å². The van der Waals surface area contributed by atoms with Gasteiger partial charge in [0.25, 0.3) is 0 Å². The number of hydrogen-bond donors (Lipinski definition) is 2. The number of carbonyl (C=O) groups is 2. The Balaban J connectivity index is 4.37. The van der Waals surface area contributed by atoms with Crippen molar-refractivity contribution in [3.05, 3.63) is 12.7 Å². The number of aliphatic carboxylic acids is 1. The van der Waals surface area contributed by atoms with E-state index in [1.807, 2.05) is 6.92 Å². The number of amides is 2. The molecule has 0 rings (SSSR count). The highest BCUT2D eigenvalue weighted by Crippen LogP contribution is 1.97. The first kappa shape index (κ1) is 14.5. The van der Waals surface area contributed by atoms with Crippen LogP contribution in [0.3, 0.4) is 0 Å². The van der Waals surface area contributed by atoms with Crippen molar-refractivity contribution in [2.75, 3.05) is 13.1 Å². The molecule has 0 aliphatic carbocycles. The molecule has 0 saturated heterocycles. The Bertz CT molecular complexity index is 254. The molecular formula is C11H20N2O3. The summed E-state index contributed by atoms with van der Waals surface area (Å²) in [4.78, 5) is 24.0. The first-order valence-electron chi connectivity index (χ1n) is 5.45. The molecule has 0 aliphatic heterocycles. The van der Waals surface area contributed by atoms with Crippen LogP contribution in [-0.4, -0.2) is 41.1 Å². The minimum absolute atomic E-state index is 0.351. The predicted octanol–water partition coefficient (Wildman–Crippen LogP) is 1.46. The van der Waals surface area contributed by atoms with Crippen LogP contribution in [0.4, 0.5) is 4.79 Å². The monoisotopic (exact) mass is 228 g/mol. The van der Waals surface area contributed by atoms with Crippen molar-refractivity contribution in [1.82, 2.24) is 10.2 Å². The van der Waals surface area contributed by atoms with Gasteiger partial charge in [-0.25, -0.2) is 9.59 Å². The van der Waals surface area contributed by atoms with Gasteiger partial charge in [-0.3, -0.25) is 0 Å². The van der Waals surface area contributed by atoms with Gasteiger partial charge in [-0.05, 0) is 12.8 Å². The molecule has 0 aromatic heterocycles. The van der Waals surface area contributed by atoms with Crippen LogP contribution >= 0.6 is 0 Å². The Morgan fingerprint density at radius 2 is 2.12 bits per heavy atom. The van der Waals surface area contributed by atoms with Gasteiger partial charge in [-0.15, -0.1) is 6.58 Å². The molecule has 0 radical (unpaired) electrons. The van der Waals surface area contributed by atoms with Crippen molar-refractivity contribution in [2.24, 2.45) is 0 Å². The number of nitrogens with zero attached hydrogens (tertiary/aromatic N) is 1. The SMILES string of the molecule is C=CCN(CCC)C(=O)NC(CC)C(=O)O. The summed E-state index contributed by atoms with van der Waals surface area (Å²) >= 11 is 0. The lowest BCUT2D eigenvalue weighted by Crippen LogP contribution is -2.48. The van der Waals surface area contributed by atoms with Crippen molar-refractivity contribution in [2.45, 2.75) is 32.7 Å². The first-order chi connectivity index (χ1) is 7.56. The Morgan fingerprint density at radius 3 is 2.50 bits per heavy atom. The highest BCUT2D eigenvalue weighted by Gasteiger charge is 2.20. The van der Waals surface area contributed by atoms with Gasteiger partial charge in [-0.1, -0.05) is 19.9 Å². The molecule has 1 atom stereocenters. The summed E-state index contributed by atoms with van der Waals surface area (Å²) in [6, 6.07) is -1.17. The molecule has 2 N–H and O–H groups in total. The first-order valence-corrected chi connectivity index (χ1v) is 5.45. The fraction of sp³-hybridized carbons (Fsp3) is 0.636. The van der Waals surface area contributed by atoms with Gasteiger partial charge >= 0.3 is 12.0 Å². The van der Waals surface area contributed by atoms with E-state index in [-0.39, 0.29) is 6.03 Å². The van der Waals surface area contributed by atoms with E-state index in [4.69, 9.17) is 5.11 Å². The maximum atomic E-state index is 11.7. The molecule has 5 heteroatoms. The standard InChI is InChI=1S/C11H20N2O3/c1-4-7-13(8-5-2)11(16)12-9(6-3)10(14)15/h4,9H,1,5-8H2,2-3H3,(H,12,16)(H,14,15). The van der Waals surface area contributed by atoms with Crippen LogP contribution in [-0.2, 0) is 4.79 Å². The molecule has 0 aromatic carbocycles. The van der Waals surface area contributed by atoms with E-state index in [1.165, 1.54) is 0 Å². The number of rotatable bonds is 7. The summed E-state index contributed by atoms with van der Waals surface area (Å²) in [5.41, 5.74) is 0. The third-order valence-corrected chi connectivity index (χ3v) is 2.13. The zero-order valence-corrected chi connectivity index (χ0v) is 9.90. The zero-order valence-electron chi connectivity index (χ0n) is 9.90. The number of nitrogens with one attached hydrogen (secondary N) is 1. The molecule has 0 heterocycles. The van der Waals surface area contributed by atoms with Crippen molar-refractivity contribution >= 4 is 12.0 Å². The molecule has 0 saturated carbocycles. The van der Waals surface area contributed by atoms with Crippen molar-refractivity contribution in [1.29, 1.82) is 0 Å². The number of carboxylic acid groups (broad SMARTS) is 1. The van der Waals surface area contributed by atoms with E-state index < -0.39 is 12.0 Å². The summed E-state index contributed by atoms with van der Waals surface area (Å²) in [5, 5.41) is 11.3. The van der Waals surface area contributed by atoms with Crippen molar-refractivity contribution in [3.8, 4) is 0 Å². The summed E-state index contributed by atoms with van der Waals surface area (Å²) < 4.78 is 0. The van der Waals surface area contributed by atoms with Gasteiger partial charge in [0.2, 0.25) is 0 Å². The number of urea groups is 1. The molecule has 2 amide bonds. The second-order valence-corrected chi connectivity index (χ2v) is 3.48. The molecule has 1 unspecified atom stereocenters. The molecular weight excluding hydrogens is 208 g/mol. The smallest absolute Gasteiger partial charge is 0.326 e. The van der Waals surface area contributed by atoms with E-state index in [0.29, 0.717) is 19.5 Å².